The third kappa shape index (κ3) is 5.14. The number of hydrogen-bond acceptors (Lipinski definition) is 6. The number of ether oxygens (including phenoxy) is 2. The number of carbonyl (C=O) groups excluding carboxylic acids is 2. The van der Waals surface area contributed by atoms with E-state index in [0.717, 1.165) is 36.1 Å². The van der Waals surface area contributed by atoms with E-state index < -0.39 is 17.7 Å². The molecule has 2 aliphatic rings. The molecule has 0 radical (unpaired) electrons. The lowest BCUT2D eigenvalue weighted by atomic mass is 9.94. The van der Waals surface area contributed by atoms with E-state index in [0.29, 0.717) is 29.9 Å². The molecule has 7 nitrogen and oxygen atoms in total. The number of fused-ring (bicyclic) bond motifs is 1. The fourth-order valence-corrected chi connectivity index (χ4v) is 5.12. The highest BCUT2D eigenvalue weighted by Crippen LogP contribution is 2.42. The number of nitrogens with zero attached hydrogens (tertiary/aromatic N) is 2. The quantitative estimate of drug-likeness (QED) is 0.174. The predicted octanol–water partition coefficient (Wildman–Crippen LogP) is 5.60. The third-order valence-corrected chi connectivity index (χ3v) is 7.00. The zero-order valence-electron chi connectivity index (χ0n) is 21.7. The maximum atomic E-state index is 13.4. The summed E-state index contributed by atoms with van der Waals surface area (Å²) in [6.07, 6.45) is 7.19. The minimum absolute atomic E-state index is 0.0494. The number of benzene rings is 2. The molecule has 1 saturated heterocycles. The van der Waals surface area contributed by atoms with Gasteiger partial charge in [0.15, 0.2) is 0 Å². The number of amides is 1. The highest BCUT2D eigenvalue weighted by molar-refractivity contribution is 6.46. The number of aromatic nitrogens is 1. The van der Waals surface area contributed by atoms with Gasteiger partial charge < -0.3 is 19.5 Å². The SMILES string of the molecule is CCCCCOc1cccc([C@H]2/C(=C(\O)c3ccc4c(c3)C[C@H](C)O4)C(=O)C(=O)N2Cc2ccncc2)c1. The first-order valence-corrected chi connectivity index (χ1v) is 13.2. The lowest BCUT2D eigenvalue weighted by Gasteiger charge is -2.26. The predicted molar refractivity (Wildman–Crippen MR) is 144 cm³/mol. The Morgan fingerprint density at radius 2 is 1.92 bits per heavy atom. The highest BCUT2D eigenvalue weighted by Gasteiger charge is 2.46. The zero-order valence-corrected chi connectivity index (χ0v) is 21.7. The molecule has 1 fully saturated rings. The topological polar surface area (TPSA) is 89.0 Å². The maximum Gasteiger partial charge on any atom is 0.295 e. The van der Waals surface area contributed by atoms with Gasteiger partial charge in [0.05, 0.1) is 18.2 Å². The normalized spacial score (nSPS) is 19.9. The summed E-state index contributed by atoms with van der Waals surface area (Å²) in [6.45, 7) is 4.92. The number of aliphatic hydroxyl groups excluding tert-OH is 1. The van der Waals surface area contributed by atoms with Crippen LogP contribution in [0.4, 0.5) is 0 Å². The molecule has 38 heavy (non-hydrogen) atoms. The number of hydrogen-bond donors (Lipinski definition) is 1. The van der Waals surface area contributed by atoms with Crippen LogP contribution in [0.5, 0.6) is 11.5 Å². The molecule has 0 spiro atoms. The molecule has 3 aromatic rings. The van der Waals surface area contributed by atoms with Gasteiger partial charge in [0.2, 0.25) is 0 Å². The summed E-state index contributed by atoms with van der Waals surface area (Å²) in [4.78, 5) is 32.4. The van der Waals surface area contributed by atoms with Gasteiger partial charge in [-0.2, -0.15) is 0 Å². The van der Waals surface area contributed by atoms with Crippen molar-refractivity contribution in [3.8, 4) is 11.5 Å². The highest BCUT2D eigenvalue weighted by atomic mass is 16.5. The zero-order chi connectivity index (χ0) is 26.6. The van der Waals surface area contributed by atoms with Crippen molar-refractivity contribution in [3.05, 3.63) is 94.8 Å². The van der Waals surface area contributed by atoms with E-state index >= 15 is 0 Å². The third-order valence-electron chi connectivity index (χ3n) is 7.00. The van der Waals surface area contributed by atoms with Crippen LogP contribution in [0.25, 0.3) is 5.76 Å². The summed E-state index contributed by atoms with van der Waals surface area (Å²) in [7, 11) is 0. The van der Waals surface area contributed by atoms with Crippen molar-refractivity contribution in [2.24, 2.45) is 0 Å². The standard InChI is InChI=1S/C31H32N2O5/c1-3-4-5-15-37-25-8-6-7-22(18-25)28-27(29(34)23-9-10-26-24(17-23)16-20(2)38-26)30(35)31(36)33(28)19-21-11-13-32-14-12-21/h6-14,17-18,20,28,34H,3-5,15-16,19H2,1-2H3/b29-27+/t20-,28-/m0/s1. The van der Waals surface area contributed by atoms with Gasteiger partial charge in [0.25, 0.3) is 11.7 Å². The Morgan fingerprint density at radius 1 is 1.11 bits per heavy atom. The van der Waals surface area contributed by atoms with Crippen molar-refractivity contribution >= 4 is 17.4 Å². The first-order chi connectivity index (χ1) is 18.5. The van der Waals surface area contributed by atoms with E-state index in [1.165, 1.54) is 4.90 Å². The Kier molecular flexibility index (Phi) is 7.45. The smallest absolute Gasteiger partial charge is 0.295 e. The number of rotatable bonds is 9. The Balaban J connectivity index is 1.56. The number of likely N-dealkylation sites (tertiary alicyclic amines) is 1. The molecule has 3 heterocycles. The molecule has 2 atom stereocenters. The first kappa shape index (κ1) is 25.5. The number of ketones is 1. The molecule has 1 aromatic heterocycles. The average molecular weight is 513 g/mol. The average Bonchev–Trinajstić information content (AvgIpc) is 3.42. The lowest BCUT2D eigenvalue weighted by Crippen LogP contribution is -2.29. The van der Waals surface area contributed by atoms with E-state index in [2.05, 4.69) is 11.9 Å². The number of carbonyl (C=O) groups is 2. The summed E-state index contributed by atoms with van der Waals surface area (Å²) < 4.78 is 11.8. The van der Waals surface area contributed by atoms with Crippen molar-refractivity contribution in [1.29, 1.82) is 0 Å². The van der Waals surface area contributed by atoms with Gasteiger partial charge in [-0.3, -0.25) is 14.6 Å². The number of aliphatic hydroxyl groups is 1. The summed E-state index contributed by atoms with van der Waals surface area (Å²) in [5, 5.41) is 11.5. The van der Waals surface area contributed by atoms with Gasteiger partial charge in [0, 0.05) is 30.9 Å². The van der Waals surface area contributed by atoms with E-state index in [1.807, 2.05) is 49.4 Å². The fourth-order valence-electron chi connectivity index (χ4n) is 5.12. The minimum atomic E-state index is -0.772. The molecular formula is C31H32N2O5. The molecule has 2 aliphatic heterocycles. The van der Waals surface area contributed by atoms with Crippen molar-refractivity contribution in [2.75, 3.05) is 6.61 Å². The monoisotopic (exact) mass is 512 g/mol. The maximum absolute atomic E-state index is 13.4. The number of pyridine rings is 1. The fraction of sp³-hybridized carbons (Fsp3) is 0.323. The van der Waals surface area contributed by atoms with E-state index in [9.17, 15) is 14.7 Å². The molecule has 1 amide bonds. The molecule has 0 saturated carbocycles. The Bertz CT molecular complexity index is 1370. The Morgan fingerprint density at radius 3 is 2.71 bits per heavy atom. The van der Waals surface area contributed by atoms with Crippen molar-refractivity contribution in [2.45, 2.75) is 58.2 Å². The molecule has 2 aromatic carbocycles. The van der Waals surface area contributed by atoms with Gasteiger partial charge in [-0.1, -0.05) is 31.9 Å². The molecule has 0 unspecified atom stereocenters. The number of unbranched alkanes of at least 4 members (excludes halogenated alkanes) is 2. The second-order valence-corrected chi connectivity index (χ2v) is 9.87. The van der Waals surface area contributed by atoms with Crippen LogP contribution >= 0.6 is 0 Å². The Labute approximate surface area is 222 Å². The van der Waals surface area contributed by atoms with E-state index in [1.54, 1.807) is 24.5 Å². The summed E-state index contributed by atoms with van der Waals surface area (Å²) in [5.41, 5.74) is 3.06. The van der Waals surface area contributed by atoms with Gasteiger partial charge >= 0.3 is 0 Å². The van der Waals surface area contributed by atoms with Gasteiger partial charge in [-0.25, -0.2) is 0 Å². The van der Waals surface area contributed by atoms with Gasteiger partial charge in [-0.05, 0) is 72.5 Å². The second-order valence-electron chi connectivity index (χ2n) is 9.87. The van der Waals surface area contributed by atoms with Gasteiger partial charge in [0.1, 0.15) is 23.4 Å². The van der Waals surface area contributed by atoms with Gasteiger partial charge in [-0.15, -0.1) is 0 Å². The lowest BCUT2D eigenvalue weighted by molar-refractivity contribution is -0.140. The van der Waals surface area contributed by atoms with Crippen LogP contribution in [-0.4, -0.2) is 39.4 Å². The number of Topliss-reactive ketones (excluding diaryl/α,β-unsaturated/α-hetero) is 1. The molecule has 0 aliphatic carbocycles. The molecule has 5 rings (SSSR count). The summed E-state index contributed by atoms with van der Waals surface area (Å²) in [5.74, 6) is -0.114. The van der Waals surface area contributed by atoms with Crippen LogP contribution in [0.1, 0.15) is 61.4 Å². The Hall–Kier alpha value is -4.13. The molecule has 196 valence electrons. The van der Waals surface area contributed by atoms with Crippen LogP contribution in [0.3, 0.4) is 0 Å². The van der Waals surface area contributed by atoms with E-state index in [4.69, 9.17) is 9.47 Å². The molecular weight excluding hydrogens is 480 g/mol. The van der Waals surface area contributed by atoms with Crippen LogP contribution in [-0.2, 0) is 22.6 Å². The molecule has 0 bridgehead atoms. The second kappa shape index (κ2) is 11.1. The minimum Gasteiger partial charge on any atom is -0.507 e. The van der Waals surface area contributed by atoms with Crippen LogP contribution in [0.15, 0.2) is 72.6 Å². The van der Waals surface area contributed by atoms with Crippen molar-refractivity contribution in [1.82, 2.24) is 9.88 Å². The summed E-state index contributed by atoms with van der Waals surface area (Å²) in [6, 6.07) is 15.7. The molecule has 7 heteroatoms. The van der Waals surface area contributed by atoms with Crippen LogP contribution < -0.4 is 9.47 Å². The van der Waals surface area contributed by atoms with Crippen LogP contribution in [0, 0.1) is 0 Å². The largest absolute Gasteiger partial charge is 0.507 e. The first-order valence-electron chi connectivity index (χ1n) is 13.2. The van der Waals surface area contributed by atoms with Crippen molar-refractivity contribution < 1.29 is 24.2 Å². The van der Waals surface area contributed by atoms with E-state index in [-0.39, 0.29) is 24.0 Å². The van der Waals surface area contributed by atoms with Crippen molar-refractivity contribution in [3.63, 3.8) is 0 Å². The van der Waals surface area contributed by atoms with Crippen LogP contribution in [0.2, 0.25) is 0 Å². The molecule has 1 N–H and O–H groups in total. The summed E-state index contributed by atoms with van der Waals surface area (Å²) >= 11 is 0.